The SMILES string of the molecule is N#Cc1ccc2c(c1)c1ccc3ccccc3c1c1cc3c(-c4ccccc4)c4ccccc4c(-c4ccccc4)c3cc21. The van der Waals surface area contributed by atoms with Gasteiger partial charge in [0.1, 0.15) is 0 Å². The van der Waals surface area contributed by atoms with Gasteiger partial charge in [-0.25, -0.2) is 0 Å². The standard InChI is InChI=1S/C43H25N/c44-26-27-19-21-32-36(23-27)35-22-20-28-11-7-8-16-31(28)43(35)38-25-40-39(24-37(32)38)41(29-12-3-1-4-13-29)33-17-9-10-18-34(33)42(40)30-14-5-2-6-15-30/h1-25H. The number of hydrogen-bond donors (Lipinski definition) is 0. The second-order valence-electron chi connectivity index (χ2n) is 11.6. The second-order valence-corrected chi connectivity index (χ2v) is 11.6. The summed E-state index contributed by atoms with van der Waals surface area (Å²) < 4.78 is 0. The number of nitrogens with zero attached hydrogens (tertiary/aromatic N) is 1. The number of fused-ring (bicyclic) bond motifs is 10. The van der Waals surface area contributed by atoms with Crippen LogP contribution in [0.1, 0.15) is 5.56 Å². The Balaban J connectivity index is 1.61. The van der Waals surface area contributed by atoms with Crippen LogP contribution >= 0.6 is 0 Å². The van der Waals surface area contributed by atoms with Crippen molar-refractivity contribution in [3.63, 3.8) is 0 Å². The Morgan fingerprint density at radius 2 is 0.864 bits per heavy atom. The van der Waals surface area contributed by atoms with Crippen LogP contribution in [-0.2, 0) is 0 Å². The molecule has 0 spiro atoms. The molecule has 0 radical (unpaired) electrons. The number of hydrogen-bond acceptors (Lipinski definition) is 1. The average molecular weight is 556 g/mol. The summed E-state index contributed by atoms with van der Waals surface area (Å²) in [7, 11) is 0. The van der Waals surface area contributed by atoms with E-state index in [1.807, 2.05) is 6.07 Å². The normalized spacial score (nSPS) is 11.6. The van der Waals surface area contributed by atoms with E-state index in [0.29, 0.717) is 5.56 Å². The van der Waals surface area contributed by atoms with Crippen molar-refractivity contribution in [2.75, 3.05) is 0 Å². The summed E-state index contributed by atoms with van der Waals surface area (Å²) in [6.45, 7) is 0. The van der Waals surface area contributed by atoms with Crippen LogP contribution in [0.2, 0.25) is 0 Å². The van der Waals surface area contributed by atoms with Crippen LogP contribution in [0, 0.1) is 11.3 Å². The fourth-order valence-electron chi connectivity index (χ4n) is 7.34. The Hall–Kier alpha value is -5.97. The number of nitriles is 1. The van der Waals surface area contributed by atoms with E-state index in [4.69, 9.17) is 0 Å². The molecule has 0 fully saturated rings. The van der Waals surface area contributed by atoms with Gasteiger partial charge in [-0.05, 0) is 111 Å². The monoisotopic (exact) mass is 555 g/mol. The lowest BCUT2D eigenvalue weighted by molar-refractivity contribution is 1.50. The van der Waals surface area contributed by atoms with E-state index in [1.165, 1.54) is 76.1 Å². The lowest BCUT2D eigenvalue weighted by Gasteiger charge is -2.20. The van der Waals surface area contributed by atoms with E-state index in [1.54, 1.807) is 0 Å². The van der Waals surface area contributed by atoms with E-state index in [-0.39, 0.29) is 0 Å². The quantitative estimate of drug-likeness (QED) is 0.154. The molecule has 0 amide bonds. The smallest absolute Gasteiger partial charge is 0.0991 e. The van der Waals surface area contributed by atoms with Gasteiger partial charge in [-0.2, -0.15) is 5.26 Å². The first kappa shape index (κ1) is 24.6. The van der Waals surface area contributed by atoms with Crippen molar-refractivity contribution in [3.05, 3.63) is 157 Å². The maximum atomic E-state index is 9.85. The molecule has 0 saturated heterocycles. The van der Waals surface area contributed by atoms with E-state index in [9.17, 15) is 5.26 Å². The third-order valence-electron chi connectivity index (χ3n) is 9.21. The summed E-state index contributed by atoms with van der Waals surface area (Å²) in [6, 6.07) is 56.9. The lowest BCUT2D eigenvalue weighted by Crippen LogP contribution is -1.93. The molecule has 202 valence electrons. The fraction of sp³-hybridized carbons (Fsp3) is 0. The van der Waals surface area contributed by atoms with Crippen molar-refractivity contribution in [1.82, 2.24) is 0 Å². The van der Waals surface area contributed by atoms with Crippen LogP contribution in [0.4, 0.5) is 0 Å². The predicted octanol–water partition coefficient (Wildman–Crippen LogP) is 11.8. The van der Waals surface area contributed by atoms with E-state index in [2.05, 4.69) is 152 Å². The van der Waals surface area contributed by atoms with Gasteiger partial charge in [-0.1, -0.05) is 127 Å². The van der Waals surface area contributed by atoms with Gasteiger partial charge >= 0.3 is 0 Å². The molecule has 1 nitrogen and oxygen atoms in total. The maximum Gasteiger partial charge on any atom is 0.0991 e. The van der Waals surface area contributed by atoms with E-state index in [0.717, 1.165) is 10.8 Å². The van der Waals surface area contributed by atoms with Crippen LogP contribution in [0.5, 0.6) is 0 Å². The van der Waals surface area contributed by atoms with Crippen molar-refractivity contribution in [2.24, 2.45) is 0 Å². The minimum atomic E-state index is 0.675. The molecule has 0 saturated carbocycles. The highest BCUT2D eigenvalue weighted by Gasteiger charge is 2.20. The largest absolute Gasteiger partial charge is 0.192 e. The van der Waals surface area contributed by atoms with Crippen LogP contribution in [-0.4, -0.2) is 0 Å². The predicted molar refractivity (Wildman–Crippen MR) is 187 cm³/mol. The molecular weight excluding hydrogens is 530 g/mol. The number of rotatable bonds is 2. The zero-order chi connectivity index (χ0) is 29.2. The van der Waals surface area contributed by atoms with Crippen LogP contribution < -0.4 is 0 Å². The first-order valence-electron chi connectivity index (χ1n) is 15.0. The highest BCUT2D eigenvalue weighted by atomic mass is 14.2. The molecule has 1 heteroatoms. The zero-order valence-corrected chi connectivity index (χ0v) is 23.9. The van der Waals surface area contributed by atoms with Crippen molar-refractivity contribution in [1.29, 1.82) is 5.26 Å². The average Bonchev–Trinajstić information content (AvgIpc) is 3.10. The topological polar surface area (TPSA) is 23.8 Å². The van der Waals surface area contributed by atoms with Gasteiger partial charge in [0.2, 0.25) is 0 Å². The summed E-state index contributed by atoms with van der Waals surface area (Å²) in [4.78, 5) is 0. The molecule has 9 aromatic carbocycles. The molecule has 0 N–H and O–H groups in total. The minimum Gasteiger partial charge on any atom is -0.192 e. The molecule has 0 aromatic heterocycles. The number of benzene rings is 9. The lowest BCUT2D eigenvalue weighted by atomic mass is 9.83. The molecular formula is C43H25N. The van der Waals surface area contributed by atoms with Gasteiger partial charge in [-0.15, -0.1) is 0 Å². The first-order chi connectivity index (χ1) is 21.8. The third-order valence-corrected chi connectivity index (χ3v) is 9.21. The molecule has 0 aliphatic rings. The minimum absolute atomic E-state index is 0.675. The van der Waals surface area contributed by atoms with Crippen molar-refractivity contribution in [3.8, 4) is 28.3 Å². The highest BCUT2D eigenvalue weighted by molar-refractivity contribution is 6.35. The maximum absolute atomic E-state index is 9.85. The molecule has 44 heavy (non-hydrogen) atoms. The van der Waals surface area contributed by atoms with E-state index >= 15 is 0 Å². The Kier molecular flexibility index (Phi) is 5.33. The molecule has 9 rings (SSSR count). The van der Waals surface area contributed by atoms with Gasteiger partial charge in [-0.3, -0.25) is 0 Å². The zero-order valence-electron chi connectivity index (χ0n) is 23.9. The van der Waals surface area contributed by atoms with Gasteiger partial charge in [0.15, 0.2) is 0 Å². The first-order valence-corrected chi connectivity index (χ1v) is 15.0. The van der Waals surface area contributed by atoms with Gasteiger partial charge < -0.3 is 0 Å². The third kappa shape index (κ3) is 3.52. The van der Waals surface area contributed by atoms with Gasteiger partial charge in [0.25, 0.3) is 0 Å². The van der Waals surface area contributed by atoms with Crippen molar-refractivity contribution < 1.29 is 0 Å². The Labute approximate surface area is 254 Å². The summed E-state index contributed by atoms with van der Waals surface area (Å²) in [5.74, 6) is 0. The molecule has 0 aliphatic heterocycles. The van der Waals surface area contributed by atoms with Crippen LogP contribution in [0.25, 0.3) is 86.9 Å². The Morgan fingerprint density at radius 3 is 1.50 bits per heavy atom. The van der Waals surface area contributed by atoms with Gasteiger partial charge in [0, 0.05) is 0 Å². The van der Waals surface area contributed by atoms with E-state index < -0.39 is 0 Å². The highest BCUT2D eigenvalue weighted by Crippen LogP contribution is 2.47. The molecule has 0 unspecified atom stereocenters. The molecule has 0 heterocycles. The Morgan fingerprint density at radius 1 is 0.341 bits per heavy atom. The molecule has 0 atom stereocenters. The summed E-state index contributed by atoms with van der Waals surface area (Å²) in [5, 5.41) is 24.4. The molecule has 0 bridgehead atoms. The molecule has 0 aliphatic carbocycles. The van der Waals surface area contributed by atoms with Crippen molar-refractivity contribution >= 4 is 64.6 Å². The fourth-order valence-corrected chi connectivity index (χ4v) is 7.34. The second kappa shape index (κ2) is 9.53. The van der Waals surface area contributed by atoms with Crippen molar-refractivity contribution in [2.45, 2.75) is 0 Å². The van der Waals surface area contributed by atoms with Crippen LogP contribution in [0.15, 0.2) is 152 Å². The summed E-state index contributed by atoms with van der Waals surface area (Å²) in [5.41, 5.74) is 5.59. The van der Waals surface area contributed by atoms with Gasteiger partial charge in [0.05, 0.1) is 11.6 Å². The summed E-state index contributed by atoms with van der Waals surface area (Å²) >= 11 is 0. The summed E-state index contributed by atoms with van der Waals surface area (Å²) in [6.07, 6.45) is 0. The Bertz CT molecular complexity index is 2640. The molecule has 9 aromatic rings. The van der Waals surface area contributed by atoms with Crippen LogP contribution in [0.3, 0.4) is 0 Å².